The van der Waals surface area contributed by atoms with Crippen molar-refractivity contribution in [2.45, 2.75) is 51.2 Å². The topological polar surface area (TPSA) is 50.4 Å². The molecular weight excluding hydrogens is 204 g/mol. The molecule has 1 heterocycles. The summed E-state index contributed by atoms with van der Waals surface area (Å²) < 4.78 is 5.31. The lowest BCUT2D eigenvalue weighted by Crippen LogP contribution is -2.58. The minimum atomic E-state index is -0.701. The first-order chi connectivity index (χ1) is 7.46. The van der Waals surface area contributed by atoms with E-state index >= 15 is 0 Å². The van der Waals surface area contributed by atoms with Crippen LogP contribution >= 0.6 is 0 Å². The summed E-state index contributed by atoms with van der Waals surface area (Å²) in [4.78, 5) is 12.1. The lowest BCUT2D eigenvalue weighted by atomic mass is 9.89. The number of hydrogen-bond acceptors (Lipinski definition) is 3. The zero-order valence-corrected chi connectivity index (χ0v) is 10.9. The van der Waals surface area contributed by atoms with Crippen LogP contribution in [0.25, 0.3) is 0 Å². The highest BCUT2D eigenvalue weighted by molar-refractivity contribution is 5.85. The van der Waals surface area contributed by atoms with Gasteiger partial charge in [0.05, 0.1) is 0 Å². The standard InChI is InChI=1S/C12H24N2O2/c1-5-12(3,16-4)10(15)14-11(2)6-8-13-9-7-11/h13H,5-9H2,1-4H3,(H,14,15). The van der Waals surface area contributed by atoms with Crippen LogP contribution in [0.2, 0.25) is 0 Å². The minimum absolute atomic E-state index is 0.00176. The molecule has 4 nitrogen and oxygen atoms in total. The van der Waals surface area contributed by atoms with Gasteiger partial charge in [-0.25, -0.2) is 0 Å². The second-order valence-electron chi connectivity index (χ2n) is 5.05. The van der Waals surface area contributed by atoms with Crippen molar-refractivity contribution in [3.05, 3.63) is 0 Å². The number of nitrogens with one attached hydrogen (secondary N) is 2. The van der Waals surface area contributed by atoms with E-state index in [0.29, 0.717) is 6.42 Å². The van der Waals surface area contributed by atoms with E-state index in [2.05, 4.69) is 17.6 Å². The van der Waals surface area contributed by atoms with Crippen molar-refractivity contribution in [1.29, 1.82) is 0 Å². The maximum absolute atomic E-state index is 12.1. The molecule has 1 saturated heterocycles. The quantitative estimate of drug-likeness (QED) is 0.756. The van der Waals surface area contributed by atoms with Gasteiger partial charge in [-0.1, -0.05) is 6.92 Å². The van der Waals surface area contributed by atoms with E-state index in [0.717, 1.165) is 25.9 Å². The molecule has 0 aromatic heterocycles. The molecule has 1 amide bonds. The number of ether oxygens (including phenoxy) is 1. The first-order valence-electron chi connectivity index (χ1n) is 6.04. The van der Waals surface area contributed by atoms with Crippen molar-refractivity contribution < 1.29 is 9.53 Å². The fourth-order valence-electron chi connectivity index (χ4n) is 1.91. The van der Waals surface area contributed by atoms with Crippen molar-refractivity contribution in [2.75, 3.05) is 20.2 Å². The molecule has 0 spiro atoms. The Balaban J connectivity index is 2.62. The molecule has 0 aromatic carbocycles. The summed E-state index contributed by atoms with van der Waals surface area (Å²) in [6, 6.07) is 0. The largest absolute Gasteiger partial charge is 0.369 e. The molecule has 1 atom stereocenters. The van der Waals surface area contributed by atoms with Crippen LogP contribution in [-0.4, -0.2) is 37.2 Å². The van der Waals surface area contributed by atoms with Gasteiger partial charge in [-0.15, -0.1) is 0 Å². The van der Waals surface area contributed by atoms with Crippen LogP contribution in [0.1, 0.15) is 40.0 Å². The van der Waals surface area contributed by atoms with Gasteiger partial charge in [-0.2, -0.15) is 0 Å². The van der Waals surface area contributed by atoms with Crippen molar-refractivity contribution in [3.8, 4) is 0 Å². The maximum atomic E-state index is 12.1. The van der Waals surface area contributed by atoms with Crippen LogP contribution < -0.4 is 10.6 Å². The van der Waals surface area contributed by atoms with E-state index in [9.17, 15) is 4.79 Å². The number of rotatable bonds is 4. The third kappa shape index (κ3) is 2.95. The Bertz CT molecular complexity index is 243. The average molecular weight is 228 g/mol. The highest BCUT2D eigenvalue weighted by Gasteiger charge is 2.36. The molecular formula is C12H24N2O2. The number of methoxy groups -OCH3 is 1. The van der Waals surface area contributed by atoms with Crippen LogP contribution in [0.3, 0.4) is 0 Å². The molecule has 1 aliphatic rings. The summed E-state index contributed by atoms with van der Waals surface area (Å²) in [5.74, 6) is 0.00176. The maximum Gasteiger partial charge on any atom is 0.252 e. The Morgan fingerprint density at radius 2 is 2.06 bits per heavy atom. The Morgan fingerprint density at radius 3 is 2.50 bits per heavy atom. The van der Waals surface area contributed by atoms with Gasteiger partial charge >= 0.3 is 0 Å². The van der Waals surface area contributed by atoms with Crippen LogP contribution in [0, 0.1) is 0 Å². The van der Waals surface area contributed by atoms with E-state index in [-0.39, 0.29) is 11.4 Å². The Kier molecular flexibility index (Phi) is 4.33. The van der Waals surface area contributed by atoms with E-state index in [1.807, 2.05) is 13.8 Å². The van der Waals surface area contributed by atoms with E-state index in [1.54, 1.807) is 7.11 Å². The fourth-order valence-corrected chi connectivity index (χ4v) is 1.91. The predicted octanol–water partition coefficient (Wildman–Crippen LogP) is 1.06. The Labute approximate surface area is 98.1 Å². The molecule has 0 radical (unpaired) electrons. The second-order valence-corrected chi connectivity index (χ2v) is 5.05. The van der Waals surface area contributed by atoms with Crippen molar-refractivity contribution in [2.24, 2.45) is 0 Å². The molecule has 4 heteroatoms. The zero-order chi connectivity index (χ0) is 12.2. The van der Waals surface area contributed by atoms with Crippen LogP contribution in [-0.2, 0) is 9.53 Å². The SMILES string of the molecule is CCC(C)(OC)C(=O)NC1(C)CCNCC1. The molecule has 1 rings (SSSR count). The lowest BCUT2D eigenvalue weighted by molar-refractivity contribution is -0.144. The summed E-state index contributed by atoms with van der Waals surface area (Å²) in [7, 11) is 1.59. The normalized spacial score (nSPS) is 23.5. The minimum Gasteiger partial charge on any atom is -0.369 e. The molecule has 1 aliphatic heterocycles. The monoisotopic (exact) mass is 228 g/mol. The van der Waals surface area contributed by atoms with Gasteiger partial charge in [0.2, 0.25) is 0 Å². The van der Waals surface area contributed by atoms with Gasteiger partial charge in [0.15, 0.2) is 0 Å². The summed E-state index contributed by atoms with van der Waals surface area (Å²) in [5.41, 5.74) is -0.787. The molecule has 0 bridgehead atoms. The summed E-state index contributed by atoms with van der Waals surface area (Å²) >= 11 is 0. The number of carbonyl (C=O) groups excluding carboxylic acids is 1. The van der Waals surface area contributed by atoms with Crippen LogP contribution in [0.4, 0.5) is 0 Å². The summed E-state index contributed by atoms with van der Waals surface area (Å²) in [6.45, 7) is 7.84. The molecule has 0 aliphatic carbocycles. The van der Waals surface area contributed by atoms with Crippen molar-refractivity contribution in [3.63, 3.8) is 0 Å². The molecule has 94 valence electrons. The fraction of sp³-hybridized carbons (Fsp3) is 0.917. The molecule has 0 aromatic rings. The predicted molar refractivity (Wildman–Crippen MR) is 64.4 cm³/mol. The third-order valence-electron chi connectivity index (χ3n) is 3.73. The van der Waals surface area contributed by atoms with Crippen LogP contribution in [0.15, 0.2) is 0 Å². The Hall–Kier alpha value is -0.610. The number of hydrogen-bond donors (Lipinski definition) is 2. The van der Waals surface area contributed by atoms with E-state index < -0.39 is 5.60 Å². The second kappa shape index (κ2) is 5.15. The molecule has 0 saturated carbocycles. The lowest BCUT2D eigenvalue weighted by Gasteiger charge is -2.38. The number of amides is 1. The van der Waals surface area contributed by atoms with Gasteiger partial charge in [0.25, 0.3) is 5.91 Å². The Morgan fingerprint density at radius 1 is 1.50 bits per heavy atom. The molecule has 1 fully saturated rings. The smallest absolute Gasteiger partial charge is 0.252 e. The van der Waals surface area contributed by atoms with E-state index in [4.69, 9.17) is 4.74 Å². The number of carbonyl (C=O) groups is 1. The van der Waals surface area contributed by atoms with Gasteiger partial charge in [0, 0.05) is 12.6 Å². The molecule has 16 heavy (non-hydrogen) atoms. The average Bonchev–Trinajstić information content (AvgIpc) is 2.28. The first kappa shape index (κ1) is 13.5. The zero-order valence-electron chi connectivity index (χ0n) is 10.9. The van der Waals surface area contributed by atoms with Gasteiger partial charge in [-0.3, -0.25) is 4.79 Å². The van der Waals surface area contributed by atoms with Crippen molar-refractivity contribution >= 4 is 5.91 Å². The van der Waals surface area contributed by atoms with Gasteiger partial charge in [-0.05, 0) is 46.2 Å². The van der Waals surface area contributed by atoms with Gasteiger partial charge in [0.1, 0.15) is 5.60 Å². The van der Waals surface area contributed by atoms with Crippen LogP contribution in [0.5, 0.6) is 0 Å². The third-order valence-corrected chi connectivity index (χ3v) is 3.73. The number of piperidine rings is 1. The molecule has 1 unspecified atom stereocenters. The van der Waals surface area contributed by atoms with Gasteiger partial charge < -0.3 is 15.4 Å². The highest BCUT2D eigenvalue weighted by Crippen LogP contribution is 2.21. The molecule has 2 N–H and O–H groups in total. The highest BCUT2D eigenvalue weighted by atomic mass is 16.5. The first-order valence-corrected chi connectivity index (χ1v) is 6.04. The summed E-state index contributed by atoms with van der Waals surface area (Å²) in [5, 5.41) is 6.43. The van der Waals surface area contributed by atoms with E-state index in [1.165, 1.54) is 0 Å². The van der Waals surface area contributed by atoms with Crippen molar-refractivity contribution in [1.82, 2.24) is 10.6 Å². The summed E-state index contributed by atoms with van der Waals surface area (Å²) in [6.07, 6.45) is 2.63.